The van der Waals surface area contributed by atoms with Gasteiger partial charge in [0.15, 0.2) is 11.5 Å². The highest BCUT2D eigenvalue weighted by Crippen LogP contribution is 2.39. The minimum absolute atomic E-state index is 0.0136. The number of ether oxygens (including phenoxy) is 3. The average Bonchev–Trinajstić information content (AvgIpc) is 3.35. The van der Waals surface area contributed by atoms with E-state index in [0.717, 1.165) is 18.4 Å². The van der Waals surface area contributed by atoms with Gasteiger partial charge in [0.05, 0.1) is 13.7 Å². The van der Waals surface area contributed by atoms with Crippen LogP contribution in [0.5, 0.6) is 11.5 Å². The predicted molar refractivity (Wildman–Crippen MR) is 91.8 cm³/mol. The fourth-order valence-electron chi connectivity index (χ4n) is 3.36. The molecular formula is C19H23F2NO5. The summed E-state index contributed by atoms with van der Waals surface area (Å²) in [6.45, 7) is -0.727. The highest BCUT2D eigenvalue weighted by Gasteiger charge is 2.39. The summed E-state index contributed by atoms with van der Waals surface area (Å²) in [6.07, 6.45) is 2.55. The van der Waals surface area contributed by atoms with Crippen molar-refractivity contribution in [2.75, 3.05) is 20.3 Å². The lowest BCUT2D eigenvalue weighted by Gasteiger charge is -2.20. The molecule has 1 aliphatic carbocycles. The molecule has 8 heteroatoms. The number of benzene rings is 1. The molecule has 1 aromatic carbocycles. The molecule has 2 fully saturated rings. The Morgan fingerprint density at radius 1 is 1.26 bits per heavy atom. The zero-order valence-corrected chi connectivity index (χ0v) is 15.3. The first-order chi connectivity index (χ1) is 12.9. The number of hydrogen-bond acceptors (Lipinski definition) is 5. The van der Waals surface area contributed by atoms with Crippen LogP contribution in [0.1, 0.15) is 37.7 Å². The van der Waals surface area contributed by atoms with Gasteiger partial charge in [-0.2, -0.15) is 8.78 Å². The number of halogens is 2. The molecule has 27 heavy (non-hydrogen) atoms. The molecule has 1 unspecified atom stereocenters. The maximum atomic E-state index is 12.7. The Balaban J connectivity index is 1.81. The Hall–Kier alpha value is -2.38. The molecule has 1 amide bonds. The van der Waals surface area contributed by atoms with Gasteiger partial charge in [-0.1, -0.05) is 6.07 Å². The molecule has 1 saturated carbocycles. The summed E-state index contributed by atoms with van der Waals surface area (Å²) in [7, 11) is 1.29. The summed E-state index contributed by atoms with van der Waals surface area (Å²) in [6, 6.07) is 4.14. The van der Waals surface area contributed by atoms with Crippen molar-refractivity contribution < 1.29 is 32.6 Å². The number of methoxy groups -OCH3 is 1. The molecule has 0 radical (unpaired) electrons. The first kappa shape index (κ1) is 19.4. The van der Waals surface area contributed by atoms with Crippen molar-refractivity contribution in [3.8, 4) is 11.5 Å². The van der Waals surface area contributed by atoms with Crippen molar-refractivity contribution in [2.24, 2.45) is 5.92 Å². The summed E-state index contributed by atoms with van der Waals surface area (Å²) in [5.74, 6) is -0.0967. The van der Waals surface area contributed by atoms with E-state index in [1.54, 1.807) is 12.1 Å². The quantitative estimate of drug-likeness (QED) is 0.678. The standard InChI is InChI=1S/C19H23F2NO5/c1-11(23)22-9-14(7-15(22)18(24)25-2)13-5-6-16(27-19(20)21)17(8-13)26-10-12-3-4-12/h5-6,8,12,14-15,19H,3-4,7,9-10H2,1-2H3/t14?,15-/m1/s1. The third-order valence-corrected chi connectivity index (χ3v) is 5.01. The summed E-state index contributed by atoms with van der Waals surface area (Å²) in [5, 5.41) is 0. The maximum absolute atomic E-state index is 12.7. The summed E-state index contributed by atoms with van der Waals surface area (Å²) in [4.78, 5) is 25.3. The van der Waals surface area contributed by atoms with Crippen molar-refractivity contribution in [1.82, 2.24) is 4.90 Å². The zero-order valence-electron chi connectivity index (χ0n) is 15.3. The highest BCUT2D eigenvalue weighted by molar-refractivity contribution is 5.84. The van der Waals surface area contributed by atoms with E-state index >= 15 is 0 Å². The largest absolute Gasteiger partial charge is 0.489 e. The topological polar surface area (TPSA) is 65.1 Å². The highest BCUT2D eigenvalue weighted by atomic mass is 19.3. The zero-order chi connectivity index (χ0) is 19.6. The number of nitrogens with zero attached hydrogens (tertiary/aromatic N) is 1. The van der Waals surface area contributed by atoms with Crippen molar-refractivity contribution in [2.45, 2.75) is 44.8 Å². The lowest BCUT2D eigenvalue weighted by molar-refractivity contribution is -0.150. The van der Waals surface area contributed by atoms with E-state index in [2.05, 4.69) is 4.74 Å². The third kappa shape index (κ3) is 4.67. The molecule has 2 atom stereocenters. The second kappa shape index (κ2) is 8.10. The van der Waals surface area contributed by atoms with Gasteiger partial charge in [-0.15, -0.1) is 0 Å². The first-order valence-corrected chi connectivity index (χ1v) is 8.95. The van der Waals surface area contributed by atoms with Crippen molar-refractivity contribution in [3.63, 3.8) is 0 Å². The Labute approximate surface area is 156 Å². The number of esters is 1. The molecule has 1 aromatic rings. The first-order valence-electron chi connectivity index (χ1n) is 8.95. The van der Waals surface area contributed by atoms with E-state index in [1.807, 2.05) is 0 Å². The monoisotopic (exact) mass is 383 g/mol. The van der Waals surface area contributed by atoms with Crippen LogP contribution in [0.4, 0.5) is 8.78 Å². The van der Waals surface area contributed by atoms with E-state index in [9.17, 15) is 18.4 Å². The Bertz CT molecular complexity index is 707. The molecule has 0 aromatic heterocycles. The summed E-state index contributed by atoms with van der Waals surface area (Å²) in [5.41, 5.74) is 0.806. The van der Waals surface area contributed by atoms with Crippen LogP contribution in [0, 0.1) is 5.92 Å². The molecular weight excluding hydrogens is 360 g/mol. The fraction of sp³-hybridized carbons (Fsp3) is 0.579. The van der Waals surface area contributed by atoms with E-state index in [4.69, 9.17) is 9.47 Å². The molecule has 1 heterocycles. The molecule has 2 aliphatic rings. The number of carbonyl (C=O) groups is 2. The minimum Gasteiger partial charge on any atom is -0.489 e. The van der Waals surface area contributed by atoms with Crippen LogP contribution in [0.25, 0.3) is 0 Å². The van der Waals surface area contributed by atoms with E-state index in [1.165, 1.54) is 25.0 Å². The molecule has 0 spiro atoms. The summed E-state index contributed by atoms with van der Waals surface area (Å²) < 4.78 is 40.4. The average molecular weight is 383 g/mol. The second-order valence-electron chi connectivity index (χ2n) is 6.98. The van der Waals surface area contributed by atoms with Gasteiger partial charge in [0, 0.05) is 19.4 Å². The smallest absolute Gasteiger partial charge is 0.387 e. The molecule has 6 nitrogen and oxygen atoms in total. The Morgan fingerprint density at radius 2 is 2.00 bits per heavy atom. The van der Waals surface area contributed by atoms with Crippen molar-refractivity contribution >= 4 is 11.9 Å². The van der Waals surface area contributed by atoms with Gasteiger partial charge >= 0.3 is 12.6 Å². The SMILES string of the molecule is COC(=O)[C@H]1CC(c2ccc(OC(F)F)c(OCC3CC3)c2)CN1C(C)=O. The number of likely N-dealkylation sites (tertiary alicyclic amines) is 1. The number of carbonyl (C=O) groups excluding carboxylic acids is 2. The van der Waals surface area contributed by atoms with E-state index in [0.29, 0.717) is 25.5 Å². The van der Waals surface area contributed by atoms with Crippen LogP contribution >= 0.6 is 0 Å². The van der Waals surface area contributed by atoms with Gasteiger partial charge in [-0.25, -0.2) is 4.79 Å². The lowest BCUT2D eigenvalue weighted by atomic mass is 9.96. The molecule has 0 N–H and O–H groups in total. The van der Waals surface area contributed by atoms with Crippen molar-refractivity contribution in [3.05, 3.63) is 23.8 Å². The van der Waals surface area contributed by atoms with Gasteiger partial charge in [0.25, 0.3) is 0 Å². The Morgan fingerprint density at radius 3 is 2.59 bits per heavy atom. The normalized spacial score (nSPS) is 22.0. The lowest BCUT2D eigenvalue weighted by Crippen LogP contribution is -2.39. The van der Waals surface area contributed by atoms with E-state index in [-0.39, 0.29) is 23.3 Å². The molecule has 0 bridgehead atoms. The number of alkyl halides is 2. The Kier molecular flexibility index (Phi) is 5.82. The van der Waals surface area contributed by atoms with Gasteiger partial charge in [-0.3, -0.25) is 4.79 Å². The van der Waals surface area contributed by atoms with Crippen molar-refractivity contribution in [1.29, 1.82) is 0 Å². The predicted octanol–water partition coefficient (Wildman–Crippen LogP) is 2.95. The van der Waals surface area contributed by atoms with Crippen LogP contribution in [0.3, 0.4) is 0 Å². The van der Waals surface area contributed by atoms with Crippen LogP contribution in [0.15, 0.2) is 18.2 Å². The van der Waals surface area contributed by atoms with Gasteiger partial charge < -0.3 is 19.1 Å². The van der Waals surface area contributed by atoms with Crippen LogP contribution in [-0.4, -0.2) is 49.7 Å². The molecule has 3 rings (SSSR count). The number of amides is 1. The molecule has 1 saturated heterocycles. The minimum atomic E-state index is -2.94. The maximum Gasteiger partial charge on any atom is 0.387 e. The van der Waals surface area contributed by atoms with Crippen LogP contribution < -0.4 is 9.47 Å². The second-order valence-corrected chi connectivity index (χ2v) is 6.98. The number of rotatable bonds is 7. The van der Waals surface area contributed by atoms with Gasteiger partial charge in [0.2, 0.25) is 5.91 Å². The number of hydrogen-bond donors (Lipinski definition) is 0. The van der Waals surface area contributed by atoms with Crippen LogP contribution in [0.2, 0.25) is 0 Å². The molecule has 148 valence electrons. The van der Waals surface area contributed by atoms with E-state index < -0.39 is 18.6 Å². The summed E-state index contributed by atoms with van der Waals surface area (Å²) >= 11 is 0. The fourth-order valence-corrected chi connectivity index (χ4v) is 3.36. The third-order valence-electron chi connectivity index (χ3n) is 5.01. The van der Waals surface area contributed by atoms with Crippen LogP contribution in [-0.2, 0) is 14.3 Å². The van der Waals surface area contributed by atoms with Gasteiger partial charge in [-0.05, 0) is 42.9 Å². The van der Waals surface area contributed by atoms with Gasteiger partial charge in [0.1, 0.15) is 6.04 Å². The molecule has 1 aliphatic heterocycles.